The lowest BCUT2D eigenvalue weighted by atomic mass is 9.49. The van der Waals surface area contributed by atoms with Gasteiger partial charge in [-0.3, -0.25) is 4.79 Å². The van der Waals surface area contributed by atoms with Crippen molar-refractivity contribution in [2.75, 3.05) is 0 Å². The van der Waals surface area contributed by atoms with E-state index in [1.54, 1.807) is 0 Å². The van der Waals surface area contributed by atoms with Gasteiger partial charge in [0.05, 0.1) is 23.5 Å². The molecule has 0 saturated heterocycles. The highest BCUT2D eigenvalue weighted by molar-refractivity contribution is 6.60. The molecule has 0 fully saturated rings. The second-order valence-corrected chi connectivity index (χ2v) is 3.00. The minimum atomic E-state index is -1.78. The molecule has 0 atom stereocenters. The van der Waals surface area contributed by atoms with Gasteiger partial charge in [-0.1, -0.05) is 16.8 Å². The standard InChI is InChI=1S/C6H3B3ClN3O/c7-6(8,9)13-5(14)3-1-4(10)12-2-11-3/h1-2H,(H,13,14). The lowest BCUT2D eigenvalue weighted by molar-refractivity contribution is 0.0947. The summed E-state index contributed by atoms with van der Waals surface area (Å²) in [6, 6.07) is 1.27. The first-order valence-corrected chi connectivity index (χ1v) is 3.93. The van der Waals surface area contributed by atoms with Crippen molar-refractivity contribution in [1.82, 2.24) is 15.3 Å². The second kappa shape index (κ2) is 4.04. The van der Waals surface area contributed by atoms with Crippen molar-refractivity contribution in [3.8, 4) is 0 Å². The van der Waals surface area contributed by atoms with E-state index in [1.807, 2.05) is 0 Å². The maximum atomic E-state index is 11.3. The zero-order valence-electron chi connectivity index (χ0n) is 7.07. The van der Waals surface area contributed by atoms with Crippen molar-refractivity contribution >= 4 is 41.0 Å². The summed E-state index contributed by atoms with van der Waals surface area (Å²) in [5, 5.41) is 0.465. The molecule has 0 spiro atoms. The molecule has 4 nitrogen and oxygen atoms in total. The summed E-state index contributed by atoms with van der Waals surface area (Å²) >= 11 is 5.54. The molecule has 8 heteroatoms. The van der Waals surface area contributed by atoms with Crippen molar-refractivity contribution < 1.29 is 4.79 Å². The molecule has 0 aliphatic rings. The maximum Gasteiger partial charge on any atom is 0.268 e. The van der Waals surface area contributed by atoms with Crippen molar-refractivity contribution in [2.45, 2.75) is 5.24 Å². The number of carbonyl (C=O) groups excluding carboxylic acids is 1. The van der Waals surface area contributed by atoms with Crippen LogP contribution < -0.4 is 5.32 Å². The van der Waals surface area contributed by atoms with Gasteiger partial charge in [0.15, 0.2) is 0 Å². The summed E-state index contributed by atoms with van der Waals surface area (Å²) in [4.78, 5) is 18.6. The number of halogens is 1. The van der Waals surface area contributed by atoms with Crippen molar-refractivity contribution in [3.63, 3.8) is 0 Å². The van der Waals surface area contributed by atoms with Crippen LogP contribution in [0, 0.1) is 0 Å². The van der Waals surface area contributed by atoms with E-state index < -0.39 is 11.1 Å². The van der Waals surface area contributed by atoms with E-state index in [0.29, 0.717) is 0 Å². The van der Waals surface area contributed by atoms with E-state index >= 15 is 0 Å². The van der Waals surface area contributed by atoms with Crippen LogP contribution in [-0.4, -0.2) is 44.7 Å². The summed E-state index contributed by atoms with van der Waals surface area (Å²) in [6.07, 6.45) is 1.14. The van der Waals surface area contributed by atoms with Gasteiger partial charge in [0.1, 0.15) is 17.2 Å². The van der Waals surface area contributed by atoms with Gasteiger partial charge in [-0.2, -0.15) is 0 Å². The molecule has 1 aromatic rings. The third-order valence-corrected chi connectivity index (χ3v) is 1.40. The van der Waals surface area contributed by atoms with Gasteiger partial charge in [-0.15, -0.1) is 0 Å². The molecule has 0 aliphatic carbocycles. The van der Waals surface area contributed by atoms with Crippen LogP contribution in [0.2, 0.25) is 5.15 Å². The van der Waals surface area contributed by atoms with Crippen LogP contribution in [0.1, 0.15) is 10.5 Å². The molecule has 0 saturated carbocycles. The molecule has 1 amide bonds. The SMILES string of the molecule is [B]C([B])([B])NC(=O)c1cc(Cl)ncn1. The summed E-state index contributed by atoms with van der Waals surface area (Å²) in [5.74, 6) is -0.623. The number of aromatic nitrogens is 2. The van der Waals surface area contributed by atoms with Gasteiger partial charge < -0.3 is 5.32 Å². The lowest BCUT2D eigenvalue weighted by Crippen LogP contribution is -2.50. The van der Waals surface area contributed by atoms with Crippen molar-refractivity contribution in [1.29, 1.82) is 0 Å². The molecule has 0 aromatic carbocycles. The van der Waals surface area contributed by atoms with Crippen molar-refractivity contribution in [2.24, 2.45) is 0 Å². The number of rotatable bonds is 2. The van der Waals surface area contributed by atoms with Crippen LogP contribution in [0.15, 0.2) is 12.4 Å². The zero-order valence-corrected chi connectivity index (χ0v) is 7.82. The molecule has 1 rings (SSSR count). The average molecular weight is 201 g/mol. The van der Waals surface area contributed by atoms with Gasteiger partial charge in [0, 0.05) is 6.07 Å². The Balaban J connectivity index is 2.80. The highest BCUT2D eigenvalue weighted by Gasteiger charge is 2.15. The maximum absolute atomic E-state index is 11.3. The number of hydrogen-bond donors (Lipinski definition) is 1. The van der Waals surface area contributed by atoms with Gasteiger partial charge in [0.25, 0.3) is 5.91 Å². The summed E-state index contributed by atoms with van der Waals surface area (Å²) in [7, 11) is 15.5. The predicted octanol–water partition coefficient (Wildman–Crippen LogP) is -1.02. The van der Waals surface area contributed by atoms with Crippen LogP contribution in [-0.2, 0) is 0 Å². The molecule has 0 bridgehead atoms. The summed E-state index contributed by atoms with van der Waals surface area (Å²) in [6.45, 7) is 0. The van der Waals surface area contributed by atoms with Gasteiger partial charge in [0.2, 0.25) is 0 Å². The molecule has 64 valence electrons. The first-order valence-electron chi connectivity index (χ1n) is 3.55. The van der Waals surface area contributed by atoms with E-state index in [4.69, 9.17) is 35.1 Å². The fraction of sp³-hybridized carbons (Fsp3) is 0.167. The van der Waals surface area contributed by atoms with E-state index in [0.717, 1.165) is 6.33 Å². The zero-order chi connectivity index (χ0) is 10.8. The van der Waals surface area contributed by atoms with Crippen LogP contribution in [0.3, 0.4) is 0 Å². The topological polar surface area (TPSA) is 54.9 Å². The third-order valence-electron chi connectivity index (χ3n) is 1.20. The third kappa shape index (κ3) is 3.42. The molecular formula is C6H3B3ClN3O. The second-order valence-electron chi connectivity index (χ2n) is 2.61. The number of nitrogens with one attached hydrogen (secondary N) is 1. The normalized spacial score (nSPS) is 10.9. The largest absolute Gasteiger partial charge is 0.371 e. The Labute approximate surface area is 90.1 Å². The smallest absolute Gasteiger partial charge is 0.268 e. The van der Waals surface area contributed by atoms with E-state index in [-0.39, 0.29) is 10.8 Å². The average Bonchev–Trinajstić information content (AvgIpc) is 2.01. The first kappa shape index (κ1) is 11.1. The Morgan fingerprint density at radius 1 is 1.43 bits per heavy atom. The lowest BCUT2D eigenvalue weighted by Gasteiger charge is -2.21. The van der Waals surface area contributed by atoms with Gasteiger partial charge in [-0.05, 0) is 0 Å². The summed E-state index contributed by atoms with van der Waals surface area (Å²) < 4.78 is 0. The molecule has 14 heavy (non-hydrogen) atoms. The first-order chi connectivity index (χ1) is 6.38. The molecule has 6 radical (unpaired) electrons. The molecule has 1 heterocycles. The Morgan fingerprint density at radius 2 is 2.07 bits per heavy atom. The molecule has 0 aliphatic heterocycles. The van der Waals surface area contributed by atoms with Crippen molar-refractivity contribution in [3.05, 3.63) is 23.2 Å². The molecule has 1 N–H and O–H groups in total. The molecular weight excluding hydrogens is 198 g/mol. The fourth-order valence-corrected chi connectivity index (χ4v) is 0.865. The highest BCUT2D eigenvalue weighted by atomic mass is 35.5. The minimum absolute atomic E-state index is 0.0377. The highest BCUT2D eigenvalue weighted by Crippen LogP contribution is 2.04. The Morgan fingerprint density at radius 3 is 2.57 bits per heavy atom. The van der Waals surface area contributed by atoms with Crippen LogP contribution in [0.5, 0.6) is 0 Å². The van der Waals surface area contributed by atoms with E-state index in [2.05, 4.69) is 15.3 Å². The van der Waals surface area contributed by atoms with E-state index in [9.17, 15) is 4.79 Å². The quantitative estimate of drug-likeness (QED) is 0.492. The Kier molecular flexibility index (Phi) is 3.21. The van der Waals surface area contributed by atoms with E-state index in [1.165, 1.54) is 6.07 Å². The Hall–Kier alpha value is -0.965. The summed E-state index contributed by atoms with van der Waals surface area (Å²) in [5.41, 5.74) is 0.0377. The fourth-order valence-electron chi connectivity index (χ4n) is 0.718. The van der Waals surface area contributed by atoms with Gasteiger partial charge in [-0.25, -0.2) is 9.97 Å². The number of hydrogen-bond acceptors (Lipinski definition) is 3. The monoisotopic (exact) mass is 201 g/mol. The number of carbonyl (C=O) groups is 1. The molecule has 0 unspecified atom stereocenters. The number of nitrogens with zero attached hydrogens (tertiary/aromatic N) is 2. The Bertz CT molecular complexity index is 354. The molecule has 1 aromatic heterocycles. The minimum Gasteiger partial charge on any atom is -0.371 e. The van der Waals surface area contributed by atoms with Crippen LogP contribution in [0.4, 0.5) is 0 Å². The number of amides is 1. The van der Waals surface area contributed by atoms with Crippen LogP contribution >= 0.6 is 11.6 Å². The predicted molar refractivity (Wildman–Crippen MR) is 54.5 cm³/mol. The van der Waals surface area contributed by atoms with Crippen LogP contribution in [0.25, 0.3) is 0 Å². The van der Waals surface area contributed by atoms with Gasteiger partial charge >= 0.3 is 0 Å².